The fraction of sp³-hybridized carbons (Fsp3) is 0.867. The molecule has 3 N–H and O–H groups in total. The third kappa shape index (κ3) is 8.76. The highest BCUT2D eigenvalue weighted by Crippen LogP contribution is 2.21. The Morgan fingerprint density at radius 2 is 1.58 bits per heavy atom. The molecule has 0 aliphatic heterocycles. The van der Waals surface area contributed by atoms with Crippen molar-refractivity contribution in [3.05, 3.63) is 0 Å². The average Bonchev–Trinajstić information content (AvgIpc) is 2.18. The number of amides is 1. The van der Waals surface area contributed by atoms with E-state index in [-0.39, 0.29) is 28.7 Å². The highest BCUT2D eigenvalue weighted by atomic mass is 16.1. The summed E-state index contributed by atoms with van der Waals surface area (Å²) < 4.78 is 0. The normalized spacial score (nSPS) is 14.2. The summed E-state index contributed by atoms with van der Waals surface area (Å²) in [6, 6.07) is -0.159. The number of Topliss-reactive ketones (excluding diaryl/α,β-unsaturated/α-hetero) is 1. The first-order chi connectivity index (χ1) is 8.43. The molecule has 0 spiro atoms. The molecule has 0 aliphatic carbocycles. The highest BCUT2D eigenvalue weighted by molar-refractivity contribution is 5.88. The van der Waals surface area contributed by atoms with Gasteiger partial charge in [-0.25, -0.2) is 0 Å². The second-order valence-electron chi connectivity index (χ2n) is 7.27. The van der Waals surface area contributed by atoms with Crippen LogP contribution in [-0.4, -0.2) is 23.3 Å². The monoisotopic (exact) mass is 270 g/mol. The van der Waals surface area contributed by atoms with E-state index in [0.29, 0.717) is 6.42 Å². The maximum atomic E-state index is 12.4. The molecule has 0 heterocycles. The van der Waals surface area contributed by atoms with E-state index in [9.17, 15) is 9.59 Å². The van der Waals surface area contributed by atoms with E-state index in [1.807, 2.05) is 20.8 Å². The lowest BCUT2D eigenvalue weighted by atomic mass is 9.83. The zero-order valence-electron chi connectivity index (χ0n) is 13.3. The minimum Gasteiger partial charge on any atom is -0.370 e. The van der Waals surface area contributed by atoms with E-state index in [1.54, 1.807) is 0 Å². The molecule has 4 heteroatoms. The molecule has 0 aliphatic rings. The van der Waals surface area contributed by atoms with Gasteiger partial charge in [-0.05, 0) is 33.6 Å². The SMILES string of the molecule is CC(C)(C)N[C@@H](CCCCC(N)=O)C(=O)C(C)(C)C. The van der Waals surface area contributed by atoms with Gasteiger partial charge < -0.3 is 11.1 Å². The summed E-state index contributed by atoms with van der Waals surface area (Å²) in [6.45, 7) is 12.0. The lowest BCUT2D eigenvalue weighted by Crippen LogP contribution is -2.50. The summed E-state index contributed by atoms with van der Waals surface area (Å²) >= 11 is 0. The molecule has 0 aromatic rings. The Bertz CT molecular complexity index is 311. The van der Waals surface area contributed by atoms with Crippen LogP contribution >= 0.6 is 0 Å². The number of hydrogen-bond acceptors (Lipinski definition) is 3. The van der Waals surface area contributed by atoms with E-state index in [0.717, 1.165) is 19.3 Å². The third-order valence-electron chi connectivity index (χ3n) is 2.83. The van der Waals surface area contributed by atoms with Crippen LogP contribution in [0.4, 0.5) is 0 Å². The van der Waals surface area contributed by atoms with E-state index >= 15 is 0 Å². The molecule has 0 saturated carbocycles. The predicted octanol–water partition coefficient (Wildman–Crippen LogP) is 2.40. The standard InChI is InChI=1S/C15H30N2O2/c1-14(2,3)13(19)11(17-15(4,5)6)9-7-8-10-12(16)18/h11,17H,7-10H2,1-6H3,(H2,16,18)/t11-/m0/s1. The van der Waals surface area contributed by atoms with Crippen molar-refractivity contribution < 1.29 is 9.59 Å². The summed E-state index contributed by atoms with van der Waals surface area (Å²) in [5.41, 5.74) is 4.66. The minimum absolute atomic E-state index is 0.102. The number of nitrogens with two attached hydrogens (primary N) is 1. The first kappa shape index (κ1) is 18.1. The van der Waals surface area contributed by atoms with Crippen LogP contribution in [0.1, 0.15) is 67.2 Å². The molecule has 0 bridgehead atoms. The summed E-state index contributed by atoms with van der Waals surface area (Å²) in [5, 5.41) is 3.38. The number of ketones is 1. The molecule has 0 rings (SSSR count). The Hall–Kier alpha value is -0.900. The van der Waals surface area contributed by atoms with Crippen molar-refractivity contribution in [1.82, 2.24) is 5.32 Å². The van der Waals surface area contributed by atoms with E-state index in [4.69, 9.17) is 5.73 Å². The van der Waals surface area contributed by atoms with Crippen molar-refractivity contribution in [2.24, 2.45) is 11.1 Å². The van der Waals surface area contributed by atoms with E-state index < -0.39 is 0 Å². The van der Waals surface area contributed by atoms with Crippen LogP contribution in [0.3, 0.4) is 0 Å². The topological polar surface area (TPSA) is 72.2 Å². The number of carbonyl (C=O) groups is 2. The minimum atomic E-state index is -0.355. The van der Waals surface area contributed by atoms with Gasteiger partial charge in [0.25, 0.3) is 0 Å². The molecular formula is C15H30N2O2. The summed E-state index contributed by atoms with van der Waals surface area (Å²) in [6.07, 6.45) is 2.72. The number of primary amides is 1. The molecule has 112 valence electrons. The average molecular weight is 270 g/mol. The summed E-state index contributed by atoms with van der Waals surface area (Å²) in [7, 11) is 0. The number of hydrogen-bond donors (Lipinski definition) is 2. The van der Waals surface area contributed by atoms with Gasteiger partial charge in [-0.3, -0.25) is 9.59 Å². The van der Waals surface area contributed by atoms with Gasteiger partial charge in [-0.1, -0.05) is 27.2 Å². The van der Waals surface area contributed by atoms with Gasteiger partial charge in [0.05, 0.1) is 6.04 Å². The molecule has 1 amide bonds. The quantitative estimate of drug-likeness (QED) is 0.698. The van der Waals surface area contributed by atoms with Crippen molar-refractivity contribution >= 4 is 11.7 Å². The Balaban J connectivity index is 4.52. The van der Waals surface area contributed by atoms with Gasteiger partial charge in [0.1, 0.15) is 0 Å². The van der Waals surface area contributed by atoms with Gasteiger partial charge in [0.15, 0.2) is 5.78 Å². The number of rotatable bonds is 7. The predicted molar refractivity (Wildman–Crippen MR) is 78.8 cm³/mol. The van der Waals surface area contributed by atoms with E-state index in [1.165, 1.54) is 0 Å². The molecular weight excluding hydrogens is 240 g/mol. The largest absolute Gasteiger partial charge is 0.370 e. The van der Waals surface area contributed by atoms with Crippen molar-refractivity contribution in [2.45, 2.75) is 78.8 Å². The second kappa shape index (κ2) is 7.04. The molecule has 4 nitrogen and oxygen atoms in total. The maximum Gasteiger partial charge on any atom is 0.217 e. The Labute approximate surface area is 117 Å². The zero-order chi connectivity index (χ0) is 15.3. The van der Waals surface area contributed by atoms with Crippen molar-refractivity contribution in [3.63, 3.8) is 0 Å². The number of nitrogens with one attached hydrogen (secondary N) is 1. The van der Waals surface area contributed by atoms with Crippen molar-refractivity contribution in [2.75, 3.05) is 0 Å². The third-order valence-corrected chi connectivity index (χ3v) is 2.83. The van der Waals surface area contributed by atoms with Gasteiger partial charge >= 0.3 is 0 Å². The molecule has 0 aromatic heterocycles. The van der Waals surface area contributed by atoms with Gasteiger partial charge in [0.2, 0.25) is 5.91 Å². The molecule has 0 saturated heterocycles. The van der Waals surface area contributed by atoms with Gasteiger partial charge in [-0.2, -0.15) is 0 Å². The highest BCUT2D eigenvalue weighted by Gasteiger charge is 2.31. The lowest BCUT2D eigenvalue weighted by Gasteiger charge is -2.31. The molecule has 0 aromatic carbocycles. The molecule has 1 atom stereocenters. The first-order valence-electron chi connectivity index (χ1n) is 7.04. The first-order valence-corrected chi connectivity index (χ1v) is 7.04. The fourth-order valence-electron chi connectivity index (χ4n) is 1.96. The van der Waals surface area contributed by atoms with Crippen molar-refractivity contribution in [3.8, 4) is 0 Å². The van der Waals surface area contributed by atoms with Crippen LogP contribution in [0, 0.1) is 5.41 Å². The van der Waals surface area contributed by atoms with Gasteiger partial charge in [0, 0.05) is 17.4 Å². The molecule has 0 radical (unpaired) electrons. The Morgan fingerprint density at radius 1 is 1.05 bits per heavy atom. The Kier molecular flexibility index (Phi) is 6.70. The number of unbranched alkanes of at least 4 members (excludes halogenated alkanes) is 1. The lowest BCUT2D eigenvalue weighted by molar-refractivity contribution is -0.129. The molecule has 0 fully saturated rings. The smallest absolute Gasteiger partial charge is 0.217 e. The number of carbonyl (C=O) groups excluding carboxylic acids is 2. The van der Waals surface area contributed by atoms with Crippen molar-refractivity contribution in [1.29, 1.82) is 0 Å². The molecule has 0 unspecified atom stereocenters. The molecule has 19 heavy (non-hydrogen) atoms. The van der Waals surface area contributed by atoms with Crippen LogP contribution in [0.2, 0.25) is 0 Å². The van der Waals surface area contributed by atoms with Crippen LogP contribution in [-0.2, 0) is 9.59 Å². The van der Waals surface area contributed by atoms with Crippen LogP contribution in [0.25, 0.3) is 0 Å². The van der Waals surface area contributed by atoms with Crippen LogP contribution < -0.4 is 11.1 Å². The summed E-state index contributed by atoms with van der Waals surface area (Å²) in [4.78, 5) is 23.1. The second-order valence-corrected chi connectivity index (χ2v) is 7.27. The van der Waals surface area contributed by atoms with Crippen LogP contribution in [0.15, 0.2) is 0 Å². The Morgan fingerprint density at radius 3 is 1.95 bits per heavy atom. The fourth-order valence-corrected chi connectivity index (χ4v) is 1.96. The van der Waals surface area contributed by atoms with E-state index in [2.05, 4.69) is 26.1 Å². The van der Waals surface area contributed by atoms with Crippen LogP contribution in [0.5, 0.6) is 0 Å². The summed E-state index contributed by atoms with van der Waals surface area (Å²) in [5.74, 6) is -0.0519. The van der Waals surface area contributed by atoms with Gasteiger partial charge in [-0.15, -0.1) is 0 Å². The zero-order valence-corrected chi connectivity index (χ0v) is 13.3. The maximum absolute atomic E-state index is 12.4.